The number of pyridine rings is 1. The molecule has 0 aliphatic carbocycles. The van der Waals surface area contributed by atoms with Crippen molar-refractivity contribution in [2.75, 3.05) is 17.7 Å². The molecule has 2 N–H and O–H groups in total. The van der Waals surface area contributed by atoms with E-state index in [0.29, 0.717) is 5.56 Å². The van der Waals surface area contributed by atoms with Gasteiger partial charge in [-0.15, -0.1) is 0 Å². The third-order valence-corrected chi connectivity index (χ3v) is 3.52. The van der Waals surface area contributed by atoms with Crippen molar-refractivity contribution in [3.05, 3.63) is 53.2 Å². The number of para-hydroxylation sites is 1. The second-order valence-corrected chi connectivity index (χ2v) is 4.79. The van der Waals surface area contributed by atoms with Gasteiger partial charge in [0.15, 0.2) is 0 Å². The molecular formula is C17H21N3O. The van der Waals surface area contributed by atoms with Crippen LogP contribution in [0.2, 0.25) is 0 Å². The molecular weight excluding hydrogens is 262 g/mol. The van der Waals surface area contributed by atoms with Crippen LogP contribution in [0.25, 0.3) is 0 Å². The lowest BCUT2D eigenvalue weighted by molar-refractivity contribution is 0.102. The second kappa shape index (κ2) is 6.88. The zero-order chi connectivity index (χ0) is 15.2. The summed E-state index contributed by atoms with van der Waals surface area (Å²) in [4.78, 5) is 16.6. The minimum atomic E-state index is -0.124. The summed E-state index contributed by atoms with van der Waals surface area (Å²) >= 11 is 0. The summed E-state index contributed by atoms with van der Waals surface area (Å²) in [7, 11) is 1.80. The summed E-state index contributed by atoms with van der Waals surface area (Å²) in [5, 5.41) is 5.97. The van der Waals surface area contributed by atoms with E-state index in [1.165, 1.54) is 0 Å². The minimum absolute atomic E-state index is 0.124. The van der Waals surface area contributed by atoms with Crippen LogP contribution in [0.4, 0.5) is 11.5 Å². The highest BCUT2D eigenvalue weighted by molar-refractivity contribution is 6.05. The molecule has 1 aromatic carbocycles. The Morgan fingerprint density at radius 3 is 2.24 bits per heavy atom. The Labute approximate surface area is 125 Å². The molecule has 0 aliphatic rings. The number of benzene rings is 1. The average molecular weight is 283 g/mol. The maximum atomic E-state index is 12.4. The summed E-state index contributed by atoms with van der Waals surface area (Å²) in [6.45, 7) is 4.18. The number of aromatic nitrogens is 1. The molecule has 0 spiro atoms. The number of rotatable bonds is 5. The van der Waals surface area contributed by atoms with E-state index in [4.69, 9.17) is 0 Å². The van der Waals surface area contributed by atoms with Crippen LogP contribution in [0.15, 0.2) is 36.5 Å². The van der Waals surface area contributed by atoms with E-state index in [2.05, 4.69) is 41.6 Å². The van der Waals surface area contributed by atoms with Crippen LogP contribution >= 0.6 is 0 Å². The summed E-state index contributed by atoms with van der Waals surface area (Å²) in [6.07, 6.45) is 3.36. The molecule has 4 heteroatoms. The maximum absolute atomic E-state index is 12.4. The minimum Gasteiger partial charge on any atom is -0.373 e. The molecule has 110 valence electrons. The predicted molar refractivity (Wildman–Crippen MR) is 86.9 cm³/mol. The summed E-state index contributed by atoms with van der Waals surface area (Å²) in [5.74, 6) is 0.621. The van der Waals surface area contributed by atoms with Gasteiger partial charge in [0, 0.05) is 18.9 Å². The van der Waals surface area contributed by atoms with E-state index in [1.807, 2.05) is 6.07 Å². The Kier molecular flexibility index (Phi) is 4.93. The molecule has 0 saturated heterocycles. The van der Waals surface area contributed by atoms with Gasteiger partial charge < -0.3 is 10.6 Å². The fraction of sp³-hybridized carbons (Fsp3) is 0.294. The third kappa shape index (κ3) is 3.40. The number of carbonyl (C=O) groups excluding carboxylic acids is 1. The Hall–Kier alpha value is -2.36. The highest BCUT2D eigenvalue weighted by Gasteiger charge is 2.12. The van der Waals surface area contributed by atoms with Gasteiger partial charge >= 0.3 is 0 Å². The molecule has 0 aliphatic heterocycles. The number of amides is 1. The summed E-state index contributed by atoms with van der Waals surface area (Å²) < 4.78 is 0. The predicted octanol–water partition coefficient (Wildman–Crippen LogP) is 3.50. The molecule has 1 aromatic heterocycles. The van der Waals surface area contributed by atoms with Gasteiger partial charge in [0.25, 0.3) is 5.91 Å². The number of nitrogens with one attached hydrogen (secondary N) is 2. The van der Waals surface area contributed by atoms with Crippen LogP contribution in [0, 0.1) is 0 Å². The third-order valence-electron chi connectivity index (χ3n) is 3.52. The van der Waals surface area contributed by atoms with Crippen molar-refractivity contribution >= 4 is 17.4 Å². The summed E-state index contributed by atoms with van der Waals surface area (Å²) in [5.41, 5.74) is 3.80. The highest BCUT2D eigenvalue weighted by atomic mass is 16.1. The molecule has 4 nitrogen and oxygen atoms in total. The molecule has 0 fully saturated rings. The molecule has 1 heterocycles. The average Bonchev–Trinajstić information content (AvgIpc) is 2.55. The van der Waals surface area contributed by atoms with Crippen molar-refractivity contribution in [2.45, 2.75) is 26.7 Å². The zero-order valence-electron chi connectivity index (χ0n) is 12.7. The quantitative estimate of drug-likeness (QED) is 0.883. The fourth-order valence-electron chi connectivity index (χ4n) is 2.26. The number of aryl methyl sites for hydroxylation is 2. The smallest absolute Gasteiger partial charge is 0.257 e. The first kappa shape index (κ1) is 15.0. The molecule has 0 unspecified atom stereocenters. The lowest BCUT2D eigenvalue weighted by atomic mass is 10.0. The van der Waals surface area contributed by atoms with Crippen molar-refractivity contribution in [3.63, 3.8) is 0 Å². The molecule has 0 atom stereocenters. The number of hydrogen-bond acceptors (Lipinski definition) is 3. The topological polar surface area (TPSA) is 54.0 Å². The van der Waals surface area contributed by atoms with Gasteiger partial charge in [0.1, 0.15) is 5.82 Å². The maximum Gasteiger partial charge on any atom is 0.257 e. The van der Waals surface area contributed by atoms with Crippen molar-refractivity contribution in [3.8, 4) is 0 Å². The molecule has 2 rings (SSSR count). The number of anilines is 2. The number of nitrogens with zero attached hydrogens (tertiary/aromatic N) is 1. The largest absolute Gasteiger partial charge is 0.373 e. The van der Waals surface area contributed by atoms with Crippen LogP contribution in [0.5, 0.6) is 0 Å². The van der Waals surface area contributed by atoms with E-state index in [-0.39, 0.29) is 5.91 Å². The van der Waals surface area contributed by atoms with Crippen molar-refractivity contribution < 1.29 is 4.79 Å². The second-order valence-electron chi connectivity index (χ2n) is 4.79. The van der Waals surface area contributed by atoms with E-state index >= 15 is 0 Å². The SMILES string of the molecule is CCc1cccc(CC)c1NC(=O)c1ccc(NC)nc1. The highest BCUT2D eigenvalue weighted by Crippen LogP contribution is 2.23. The van der Waals surface area contributed by atoms with Crippen LogP contribution in [0.3, 0.4) is 0 Å². The van der Waals surface area contributed by atoms with Gasteiger partial charge in [-0.2, -0.15) is 0 Å². The van der Waals surface area contributed by atoms with Crippen molar-refractivity contribution in [2.24, 2.45) is 0 Å². The Morgan fingerprint density at radius 1 is 1.10 bits per heavy atom. The van der Waals surface area contributed by atoms with E-state index in [1.54, 1.807) is 25.4 Å². The van der Waals surface area contributed by atoms with E-state index < -0.39 is 0 Å². The lowest BCUT2D eigenvalue weighted by Gasteiger charge is -2.14. The molecule has 0 bridgehead atoms. The van der Waals surface area contributed by atoms with Gasteiger partial charge in [-0.3, -0.25) is 4.79 Å². The van der Waals surface area contributed by atoms with Crippen LogP contribution in [0.1, 0.15) is 35.3 Å². The van der Waals surface area contributed by atoms with E-state index in [0.717, 1.165) is 35.5 Å². The van der Waals surface area contributed by atoms with Gasteiger partial charge in [-0.1, -0.05) is 32.0 Å². The number of carbonyl (C=O) groups is 1. The zero-order valence-corrected chi connectivity index (χ0v) is 12.7. The molecule has 1 amide bonds. The first-order valence-electron chi connectivity index (χ1n) is 7.25. The normalized spacial score (nSPS) is 10.2. The van der Waals surface area contributed by atoms with Crippen LogP contribution in [-0.2, 0) is 12.8 Å². The Balaban J connectivity index is 2.26. The molecule has 21 heavy (non-hydrogen) atoms. The first-order chi connectivity index (χ1) is 10.2. The molecule has 2 aromatic rings. The van der Waals surface area contributed by atoms with Gasteiger partial charge in [-0.25, -0.2) is 4.98 Å². The Bertz CT molecular complexity index is 598. The van der Waals surface area contributed by atoms with Gasteiger partial charge in [-0.05, 0) is 36.1 Å². The van der Waals surface area contributed by atoms with Gasteiger partial charge in [0.05, 0.1) is 5.56 Å². The standard InChI is InChI=1S/C17H21N3O/c1-4-12-7-6-8-13(5-2)16(12)20-17(21)14-9-10-15(18-3)19-11-14/h6-11H,4-5H2,1-3H3,(H,18,19)(H,20,21). The first-order valence-corrected chi connectivity index (χ1v) is 7.25. The number of hydrogen-bond donors (Lipinski definition) is 2. The fourth-order valence-corrected chi connectivity index (χ4v) is 2.26. The van der Waals surface area contributed by atoms with Crippen LogP contribution < -0.4 is 10.6 Å². The van der Waals surface area contributed by atoms with Gasteiger partial charge in [0.2, 0.25) is 0 Å². The van der Waals surface area contributed by atoms with Crippen molar-refractivity contribution in [1.29, 1.82) is 0 Å². The molecule has 0 radical (unpaired) electrons. The van der Waals surface area contributed by atoms with E-state index in [9.17, 15) is 4.79 Å². The van der Waals surface area contributed by atoms with Crippen molar-refractivity contribution in [1.82, 2.24) is 4.98 Å². The van der Waals surface area contributed by atoms with Crippen LogP contribution in [-0.4, -0.2) is 17.9 Å². The molecule has 0 saturated carbocycles. The monoisotopic (exact) mass is 283 g/mol. The summed E-state index contributed by atoms with van der Waals surface area (Å²) in [6, 6.07) is 9.71. The lowest BCUT2D eigenvalue weighted by Crippen LogP contribution is -2.15. The Morgan fingerprint density at radius 2 is 1.76 bits per heavy atom.